The molecule has 3 unspecified atom stereocenters. The van der Waals surface area contributed by atoms with Crippen LogP contribution in [-0.2, 0) is 0 Å². The van der Waals surface area contributed by atoms with Crippen molar-refractivity contribution in [2.45, 2.75) is 12.8 Å². The van der Waals surface area contributed by atoms with Gasteiger partial charge in [0.1, 0.15) is 0 Å². The quantitative estimate of drug-likeness (QED) is 0.815. The molecule has 3 atom stereocenters. The Balaban J connectivity index is 1.71. The smallest absolute Gasteiger partial charge is 0.203 e. The molecule has 0 amide bonds. The largest absolute Gasteiger partial charge is 0.493 e. The summed E-state index contributed by atoms with van der Waals surface area (Å²) < 4.78 is 16.1. The van der Waals surface area contributed by atoms with E-state index in [1.54, 1.807) is 21.3 Å². The summed E-state index contributed by atoms with van der Waals surface area (Å²) in [6.45, 7) is 0.990. The van der Waals surface area contributed by atoms with Crippen LogP contribution in [0.2, 0.25) is 0 Å². The topological polar surface area (TPSA) is 39.7 Å². The Kier molecular flexibility index (Phi) is 3.95. The van der Waals surface area contributed by atoms with E-state index < -0.39 is 0 Å². The first-order valence-corrected chi connectivity index (χ1v) is 7.47. The highest BCUT2D eigenvalue weighted by molar-refractivity contribution is 5.62. The number of rotatable bonds is 6. The van der Waals surface area contributed by atoms with Crippen LogP contribution in [0.4, 0.5) is 5.69 Å². The molecular weight excluding hydrogens is 266 g/mol. The number of hydrogen-bond acceptors (Lipinski definition) is 4. The normalized spacial score (nSPS) is 26.0. The molecule has 1 saturated carbocycles. The molecule has 114 valence electrons. The van der Waals surface area contributed by atoms with Crippen LogP contribution in [0.1, 0.15) is 12.8 Å². The maximum Gasteiger partial charge on any atom is 0.203 e. The van der Waals surface area contributed by atoms with Crippen LogP contribution in [0.15, 0.2) is 24.3 Å². The second-order valence-corrected chi connectivity index (χ2v) is 5.84. The van der Waals surface area contributed by atoms with Crippen molar-refractivity contribution in [2.24, 2.45) is 17.8 Å². The molecule has 0 aliphatic heterocycles. The Morgan fingerprint density at radius 3 is 2.19 bits per heavy atom. The van der Waals surface area contributed by atoms with E-state index in [2.05, 4.69) is 17.5 Å². The number of anilines is 1. The number of fused-ring (bicyclic) bond motifs is 2. The van der Waals surface area contributed by atoms with E-state index in [4.69, 9.17) is 14.2 Å². The van der Waals surface area contributed by atoms with Crippen molar-refractivity contribution in [3.63, 3.8) is 0 Å². The number of methoxy groups -OCH3 is 3. The van der Waals surface area contributed by atoms with Gasteiger partial charge in [-0.3, -0.25) is 0 Å². The molecule has 3 rings (SSSR count). The zero-order valence-corrected chi connectivity index (χ0v) is 12.9. The Labute approximate surface area is 126 Å². The number of ether oxygens (including phenoxy) is 3. The zero-order valence-electron chi connectivity index (χ0n) is 12.9. The van der Waals surface area contributed by atoms with Gasteiger partial charge in [0, 0.05) is 24.4 Å². The van der Waals surface area contributed by atoms with E-state index in [0.717, 1.165) is 30.0 Å². The minimum Gasteiger partial charge on any atom is -0.493 e. The molecule has 4 nitrogen and oxygen atoms in total. The molecule has 0 radical (unpaired) electrons. The van der Waals surface area contributed by atoms with E-state index in [9.17, 15) is 0 Å². The van der Waals surface area contributed by atoms with Crippen LogP contribution in [0.25, 0.3) is 0 Å². The Morgan fingerprint density at radius 1 is 1.00 bits per heavy atom. The minimum atomic E-state index is 0.633. The van der Waals surface area contributed by atoms with Crippen LogP contribution in [0.3, 0.4) is 0 Å². The zero-order chi connectivity index (χ0) is 14.8. The summed E-state index contributed by atoms with van der Waals surface area (Å²) in [5.41, 5.74) is 1.01. The summed E-state index contributed by atoms with van der Waals surface area (Å²) >= 11 is 0. The third kappa shape index (κ3) is 2.67. The Morgan fingerprint density at radius 2 is 1.71 bits per heavy atom. The summed E-state index contributed by atoms with van der Waals surface area (Å²) in [6.07, 6.45) is 7.40. The van der Waals surface area contributed by atoms with Gasteiger partial charge in [0.25, 0.3) is 0 Å². The fourth-order valence-corrected chi connectivity index (χ4v) is 3.56. The molecule has 0 heterocycles. The first kappa shape index (κ1) is 14.1. The second kappa shape index (κ2) is 5.88. The van der Waals surface area contributed by atoms with Crippen molar-refractivity contribution in [3.05, 3.63) is 24.3 Å². The number of nitrogens with one attached hydrogen (secondary N) is 1. The highest BCUT2D eigenvalue weighted by atomic mass is 16.5. The summed E-state index contributed by atoms with van der Waals surface area (Å²) in [5.74, 6) is 4.30. The molecule has 0 spiro atoms. The summed E-state index contributed by atoms with van der Waals surface area (Å²) in [5, 5.41) is 3.52. The lowest BCUT2D eigenvalue weighted by molar-refractivity contribution is 0.324. The van der Waals surface area contributed by atoms with Crippen molar-refractivity contribution in [1.82, 2.24) is 0 Å². The van der Waals surface area contributed by atoms with Gasteiger partial charge >= 0.3 is 0 Å². The molecule has 1 aromatic rings. The highest BCUT2D eigenvalue weighted by Crippen LogP contribution is 2.44. The van der Waals surface area contributed by atoms with Crippen LogP contribution < -0.4 is 19.5 Å². The maximum atomic E-state index is 5.38. The molecule has 1 fully saturated rings. The maximum absolute atomic E-state index is 5.38. The number of benzene rings is 1. The van der Waals surface area contributed by atoms with Crippen LogP contribution >= 0.6 is 0 Å². The molecule has 0 aromatic heterocycles. The summed E-state index contributed by atoms with van der Waals surface area (Å²) in [4.78, 5) is 0. The third-order valence-corrected chi connectivity index (χ3v) is 4.65. The van der Waals surface area contributed by atoms with Gasteiger partial charge in [0.15, 0.2) is 11.5 Å². The van der Waals surface area contributed by atoms with Gasteiger partial charge in [-0.1, -0.05) is 12.2 Å². The van der Waals surface area contributed by atoms with E-state index in [1.165, 1.54) is 12.8 Å². The van der Waals surface area contributed by atoms with Gasteiger partial charge < -0.3 is 19.5 Å². The standard InChI is InChI=1S/C17H23NO3/c1-19-15-8-14(9-16(20-2)17(15)21-3)18-10-13-7-11-4-5-12(13)6-11/h4-5,8-9,11-13,18H,6-7,10H2,1-3H3. The Hall–Kier alpha value is -1.84. The Bertz CT molecular complexity index is 516. The third-order valence-electron chi connectivity index (χ3n) is 4.65. The average molecular weight is 289 g/mol. The lowest BCUT2D eigenvalue weighted by Gasteiger charge is -2.20. The minimum absolute atomic E-state index is 0.633. The van der Waals surface area contributed by atoms with Gasteiger partial charge in [-0.25, -0.2) is 0 Å². The summed E-state index contributed by atoms with van der Waals surface area (Å²) in [7, 11) is 4.90. The van der Waals surface area contributed by atoms with Crippen molar-refractivity contribution in [3.8, 4) is 17.2 Å². The lowest BCUT2D eigenvalue weighted by Crippen LogP contribution is -2.18. The van der Waals surface area contributed by atoms with Gasteiger partial charge in [-0.2, -0.15) is 0 Å². The van der Waals surface area contributed by atoms with Gasteiger partial charge in [-0.05, 0) is 30.6 Å². The fraction of sp³-hybridized carbons (Fsp3) is 0.529. The molecule has 21 heavy (non-hydrogen) atoms. The lowest BCUT2D eigenvalue weighted by atomic mass is 9.93. The predicted octanol–water partition coefficient (Wildman–Crippen LogP) is 3.34. The molecule has 1 N–H and O–H groups in total. The van der Waals surface area contributed by atoms with Crippen molar-refractivity contribution in [2.75, 3.05) is 33.2 Å². The SMILES string of the molecule is COc1cc(NCC2CC3C=CC2C3)cc(OC)c1OC. The molecule has 4 heteroatoms. The molecular formula is C17H23NO3. The van der Waals surface area contributed by atoms with Crippen LogP contribution in [0.5, 0.6) is 17.2 Å². The van der Waals surface area contributed by atoms with E-state index in [1.807, 2.05) is 12.1 Å². The average Bonchev–Trinajstić information content (AvgIpc) is 3.14. The number of allylic oxidation sites excluding steroid dienone is 2. The molecule has 2 aliphatic rings. The fourth-order valence-electron chi connectivity index (χ4n) is 3.56. The van der Waals surface area contributed by atoms with Crippen LogP contribution in [-0.4, -0.2) is 27.9 Å². The number of hydrogen-bond donors (Lipinski definition) is 1. The second-order valence-electron chi connectivity index (χ2n) is 5.84. The van der Waals surface area contributed by atoms with E-state index >= 15 is 0 Å². The molecule has 0 saturated heterocycles. The van der Waals surface area contributed by atoms with Crippen LogP contribution in [0, 0.1) is 17.8 Å². The van der Waals surface area contributed by atoms with Gasteiger partial charge in [0.2, 0.25) is 5.75 Å². The molecule has 2 aliphatic carbocycles. The van der Waals surface area contributed by atoms with Crippen molar-refractivity contribution < 1.29 is 14.2 Å². The van der Waals surface area contributed by atoms with E-state index in [-0.39, 0.29) is 0 Å². The highest BCUT2D eigenvalue weighted by Gasteiger charge is 2.35. The molecule has 2 bridgehead atoms. The predicted molar refractivity (Wildman–Crippen MR) is 83.4 cm³/mol. The first-order chi connectivity index (χ1) is 10.2. The first-order valence-electron chi connectivity index (χ1n) is 7.47. The van der Waals surface area contributed by atoms with Gasteiger partial charge in [0.05, 0.1) is 21.3 Å². The van der Waals surface area contributed by atoms with Gasteiger partial charge in [-0.15, -0.1) is 0 Å². The summed E-state index contributed by atoms with van der Waals surface area (Å²) in [6, 6.07) is 3.93. The van der Waals surface area contributed by atoms with Crippen molar-refractivity contribution in [1.29, 1.82) is 0 Å². The van der Waals surface area contributed by atoms with E-state index in [0.29, 0.717) is 17.2 Å². The van der Waals surface area contributed by atoms with Crippen molar-refractivity contribution >= 4 is 5.69 Å². The molecule has 1 aromatic carbocycles. The monoisotopic (exact) mass is 289 g/mol.